The van der Waals surface area contributed by atoms with Crippen LogP contribution < -0.4 is 10.2 Å². The van der Waals surface area contributed by atoms with E-state index in [0.717, 1.165) is 0 Å². The molecular weight excluding hydrogens is 302 g/mol. The van der Waals surface area contributed by atoms with Crippen molar-refractivity contribution < 1.29 is 9.59 Å². The van der Waals surface area contributed by atoms with Gasteiger partial charge in [0, 0.05) is 63.7 Å². The molecule has 1 aliphatic rings. The first-order valence-electron chi connectivity index (χ1n) is 7.38. The van der Waals surface area contributed by atoms with Crippen LogP contribution in [0.4, 0.5) is 5.95 Å². The van der Waals surface area contributed by atoms with Crippen molar-refractivity contribution in [2.24, 2.45) is 0 Å². The average molecular weight is 323 g/mol. The van der Waals surface area contributed by atoms with Gasteiger partial charge in [-0.2, -0.15) is 12.6 Å². The van der Waals surface area contributed by atoms with Crippen LogP contribution in [0, 0.1) is 0 Å². The molecule has 1 fully saturated rings. The Morgan fingerprint density at radius 3 is 2.45 bits per heavy atom. The Kier molecular flexibility index (Phi) is 6.45. The minimum absolute atomic E-state index is 0.0228. The van der Waals surface area contributed by atoms with E-state index in [2.05, 4.69) is 32.8 Å². The molecule has 1 aromatic heterocycles. The number of amides is 2. The van der Waals surface area contributed by atoms with Crippen molar-refractivity contribution in [2.75, 3.05) is 43.4 Å². The van der Waals surface area contributed by atoms with Crippen LogP contribution in [-0.2, 0) is 9.59 Å². The summed E-state index contributed by atoms with van der Waals surface area (Å²) in [5.74, 6) is 1.22. The SMILES string of the molecule is O=C(CCC(=O)N1CCN(c2ncccn2)CC1)NCCS. The molecule has 0 saturated carbocycles. The van der Waals surface area contributed by atoms with Crippen molar-refractivity contribution in [3.05, 3.63) is 18.5 Å². The van der Waals surface area contributed by atoms with Gasteiger partial charge in [0.25, 0.3) is 0 Å². The van der Waals surface area contributed by atoms with Gasteiger partial charge in [-0.25, -0.2) is 9.97 Å². The number of piperazine rings is 1. The van der Waals surface area contributed by atoms with Gasteiger partial charge in [0.15, 0.2) is 0 Å². The van der Waals surface area contributed by atoms with E-state index in [1.165, 1.54) is 0 Å². The average Bonchev–Trinajstić information content (AvgIpc) is 2.58. The second kappa shape index (κ2) is 8.57. The van der Waals surface area contributed by atoms with Gasteiger partial charge in [-0.3, -0.25) is 9.59 Å². The van der Waals surface area contributed by atoms with Crippen LogP contribution in [-0.4, -0.2) is 65.2 Å². The number of rotatable bonds is 6. The number of carbonyl (C=O) groups excluding carboxylic acids is 2. The number of thiol groups is 1. The molecule has 0 radical (unpaired) electrons. The highest BCUT2D eigenvalue weighted by Gasteiger charge is 2.22. The van der Waals surface area contributed by atoms with Crippen LogP contribution in [0.5, 0.6) is 0 Å². The smallest absolute Gasteiger partial charge is 0.225 e. The lowest BCUT2D eigenvalue weighted by atomic mass is 10.2. The Labute approximate surface area is 135 Å². The summed E-state index contributed by atoms with van der Waals surface area (Å²) in [6.07, 6.45) is 3.90. The summed E-state index contributed by atoms with van der Waals surface area (Å²) in [6, 6.07) is 1.78. The third-order valence-corrected chi connectivity index (χ3v) is 3.69. The van der Waals surface area contributed by atoms with Crippen molar-refractivity contribution in [1.29, 1.82) is 0 Å². The molecule has 7 nitrogen and oxygen atoms in total. The molecule has 0 unspecified atom stereocenters. The molecule has 0 atom stereocenters. The lowest BCUT2D eigenvalue weighted by Crippen LogP contribution is -2.49. The fourth-order valence-electron chi connectivity index (χ4n) is 2.27. The summed E-state index contributed by atoms with van der Waals surface area (Å²) in [5, 5.41) is 2.71. The second-order valence-electron chi connectivity index (χ2n) is 4.99. The number of carbonyl (C=O) groups is 2. The highest BCUT2D eigenvalue weighted by molar-refractivity contribution is 7.80. The summed E-state index contributed by atoms with van der Waals surface area (Å²) in [7, 11) is 0. The van der Waals surface area contributed by atoms with Crippen molar-refractivity contribution in [3.63, 3.8) is 0 Å². The number of nitrogens with zero attached hydrogens (tertiary/aromatic N) is 4. The highest BCUT2D eigenvalue weighted by atomic mass is 32.1. The third kappa shape index (κ3) is 4.87. The first-order chi connectivity index (χ1) is 10.7. The number of aromatic nitrogens is 2. The van der Waals surface area contributed by atoms with E-state index < -0.39 is 0 Å². The quantitative estimate of drug-likeness (QED) is 0.718. The highest BCUT2D eigenvalue weighted by Crippen LogP contribution is 2.10. The Hall–Kier alpha value is -1.83. The monoisotopic (exact) mass is 323 g/mol. The second-order valence-corrected chi connectivity index (χ2v) is 5.44. The molecular formula is C14H21N5O2S. The van der Waals surface area contributed by atoms with E-state index >= 15 is 0 Å². The van der Waals surface area contributed by atoms with E-state index in [4.69, 9.17) is 0 Å². The minimum atomic E-state index is -0.0984. The Morgan fingerprint density at radius 1 is 1.14 bits per heavy atom. The zero-order chi connectivity index (χ0) is 15.8. The van der Waals surface area contributed by atoms with Gasteiger partial charge in [-0.05, 0) is 6.07 Å². The Morgan fingerprint density at radius 2 is 1.82 bits per heavy atom. The standard InChI is InChI=1S/C14H21N5O2S/c20-12(15-6-11-22)2-3-13(21)18-7-9-19(10-8-18)14-16-4-1-5-17-14/h1,4-5,22H,2-3,6-11H2,(H,15,20). The van der Waals surface area contributed by atoms with E-state index in [1.807, 2.05) is 0 Å². The molecule has 0 bridgehead atoms. The molecule has 2 amide bonds. The predicted octanol–water partition coefficient (Wildman–Crippen LogP) is -0.0486. The predicted molar refractivity (Wildman–Crippen MR) is 86.9 cm³/mol. The molecule has 1 aromatic rings. The van der Waals surface area contributed by atoms with Gasteiger partial charge >= 0.3 is 0 Å². The van der Waals surface area contributed by atoms with Gasteiger partial charge in [0.05, 0.1) is 0 Å². The summed E-state index contributed by atoms with van der Waals surface area (Å²) < 4.78 is 0. The molecule has 1 N–H and O–H groups in total. The maximum atomic E-state index is 12.1. The zero-order valence-electron chi connectivity index (χ0n) is 12.4. The molecule has 2 heterocycles. The van der Waals surface area contributed by atoms with E-state index in [-0.39, 0.29) is 24.7 Å². The summed E-state index contributed by atoms with van der Waals surface area (Å²) >= 11 is 4.02. The van der Waals surface area contributed by atoms with Crippen LogP contribution >= 0.6 is 12.6 Å². The van der Waals surface area contributed by atoms with E-state index in [9.17, 15) is 9.59 Å². The Bertz CT molecular complexity index is 491. The van der Waals surface area contributed by atoms with E-state index in [1.54, 1.807) is 23.4 Å². The van der Waals surface area contributed by atoms with Crippen molar-refractivity contribution in [2.45, 2.75) is 12.8 Å². The molecule has 22 heavy (non-hydrogen) atoms. The molecule has 1 saturated heterocycles. The number of hydrogen-bond acceptors (Lipinski definition) is 6. The van der Waals surface area contributed by atoms with Gasteiger partial charge in [-0.1, -0.05) is 0 Å². The zero-order valence-corrected chi connectivity index (χ0v) is 13.3. The van der Waals surface area contributed by atoms with Crippen LogP contribution in [0.1, 0.15) is 12.8 Å². The fraction of sp³-hybridized carbons (Fsp3) is 0.571. The van der Waals surface area contributed by atoms with E-state index in [0.29, 0.717) is 44.4 Å². The molecule has 120 valence electrons. The topological polar surface area (TPSA) is 78.4 Å². The minimum Gasteiger partial charge on any atom is -0.355 e. The largest absolute Gasteiger partial charge is 0.355 e. The molecule has 0 spiro atoms. The lowest BCUT2D eigenvalue weighted by Gasteiger charge is -2.34. The van der Waals surface area contributed by atoms with Gasteiger partial charge < -0.3 is 15.1 Å². The maximum absolute atomic E-state index is 12.1. The maximum Gasteiger partial charge on any atom is 0.225 e. The number of nitrogens with one attached hydrogen (secondary N) is 1. The molecule has 1 aliphatic heterocycles. The fourth-order valence-corrected chi connectivity index (χ4v) is 2.38. The summed E-state index contributed by atoms with van der Waals surface area (Å²) in [6.45, 7) is 3.22. The van der Waals surface area contributed by atoms with Crippen LogP contribution in [0.15, 0.2) is 18.5 Å². The van der Waals surface area contributed by atoms with Gasteiger partial charge in [0.2, 0.25) is 17.8 Å². The number of hydrogen-bond donors (Lipinski definition) is 2. The molecule has 2 rings (SSSR count). The first kappa shape index (κ1) is 16.5. The van der Waals surface area contributed by atoms with Crippen molar-refractivity contribution >= 4 is 30.4 Å². The first-order valence-corrected chi connectivity index (χ1v) is 8.01. The third-order valence-electron chi connectivity index (χ3n) is 3.47. The summed E-state index contributed by atoms with van der Waals surface area (Å²) in [5.41, 5.74) is 0. The van der Waals surface area contributed by atoms with Crippen LogP contribution in [0.2, 0.25) is 0 Å². The molecule has 8 heteroatoms. The molecule has 0 aliphatic carbocycles. The Balaban J connectivity index is 1.72. The van der Waals surface area contributed by atoms with Crippen molar-refractivity contribution in [3.8, 4) is 0 Å². The van der Waals surface area contributed by atoms with Crippen LogP contribution in [0.3, 0.4) is 0 Å². The van der Waals surface area contributed by atoms with Crippen molar-refractivity contribution in [1.82, 2.24) is 20.2 Å². The number of anilines is 1. The van der Waals surface area contributed by atoms with Crippen LogP contribution in [0.25, 0.3) is 0 Å². The lowest BCUT2D eigenvalue weighted by molar-refractivity contribution is -0.133. The normalized spacial score (nSPS) is 14.8. The summed E-state index contributed by atoms with van der Waals surface area (Å²) in [4.78, 5) is 35.9. The molecule has 0 aromatic carbocycles. The van der Waals surface area contributed by atoms with Gasteiger partial charge in [0.1, 0.15) is 0 Å². The van der Waals surface area contributed by atoms with Gasteiger partial charge in [-0.15, -0.1) is 0 Å².